The van der Waals surface area contributed by atoms with Gasteiger partial charge in [0.2, 0.25) is 0 Å². The lowest BCUT2D eigenvalue weighted by Crippen LogP contribution is -1.96. The second-order valence-corrected chi connectivity index (χ2v) is 5.07. The van der Waals surface area contributed by atoms with E-state index in [9.17, 15) is 5.26 Å². The summed E-state index contributed by atoms with van der Waals surface area (Å²) in [4.78, 5) is 3.40. The highest BCUT2D eigenvalue weighted by Crippen LogP contribution is 2.35. The van der Waals surface area contributed by atoms with Gasteiger partial charge in [0, 0.05) is 21.6 Å². The summed E-state index contributed by atoms with van der Waals surface area (Å²) in [6, 6.07) is 8.31. The van der Waals surface area contributed by atoms with Crippen molar-refractivity contribution in [3.05, 3.63) is 34.5 Å². The lowest BCUT2D eigenvalue weighted by atomic mass is 10.0. The van der Waals surface area contributed by atoms with E-state index in [1.807, 2.05) is 18.2 Å². The topological polar surface area (TPSA) is 39.6 Å². The molecule has 17 heavy (non-hydrogen) atoms. The van der Waals surface area contributed by atoms with Crippen LogP contribution in [-0.4, -0.2) is 4.98 Å². The summed E-state index contributed by atoms with van der Waals surface area (Å²) in [6.07, 6.45) is 4.30. The van der Waals surface area contributed by atoms with E-state index in [4.69, 9.17) is 11.6 Å². The van der Waals surface area contributed by atoms with E-state index in [1.54, 1.807) is 0 Å². The molecule has 1 aliphatic rings. The maximum atomic E-state index is 9.25. The van der Waals surface area contributed by atoms with Gasteiger partial charge in [0.05, 0.1) is 12.0 Å². The van der Waals surface area contributed by atoms with Gasteiger partial charge in [0.25, 0.3) is 0 Å². The Kier molecular flexibility index (Phi) is 2.57. The van der Waals surface area contributed by atoms with E-state index in [0.29, 0.717) is 0 Å². The van der Waals surface area contributed by atoms with Crippen molar-refractivity contribution in [1.82, 2.24) is 4.98 Å². The molecule has 0 aliphatic heterocycles. The fraction of sp³-hybridized carbons (Fsp3) is 0.357. The van der Waals surface area contributed by atoms with E-state index in [0.717, 1.165) is 41.9 Å². The molecule has 0 fully saturated rings. The van der Waals surface area contributed by atoms with Crippen LogP contribution >= 0.6 is 11.6 Å². The number of hydrogen-bond donors (Lipinski definition) is 1. The maximum Gasteiger partial charge on any atom is 0.0865 e. The molecule has 1 heterocycles. The predicted octanol–water partition coefficient (Wildman–Crippen LogP) is 4.15. The highest BCUT2D eigenvalue weighted by Gasteiger charge is 2.22. The van der Waals surface area contributed by atoms with Crippen LogP contribution in [0.1, 0.15) is 36.4 Å². The molecule has 1 aromatic heterocycles. The molecule has 2 aromatic rings. The Labute approximate surface area is 105 Å². The largest absolute Gasteiger partial charge is 0.357 e. The van der Waals surface area contributed by atoms with E-state index >= 15 is 0 Å². The van der Waals surface area contributed by atoms with Crippen molar-refractivity contribution < 1.29 is 0 Å². The molecule has 1 N–H and O–H groups in total. The van der Waals surface area contributed by atoms with Crippen molar-refractivity contribution in [2.75, 3.05) is 0 Å². The number of benzene rings is 1. The number of nitriles is 1. The number of halogens is 1. The molecule has 0 bridgehead atoms. The van der Waals surface area contributed by atoms with Crippen molar-refractivity contribution in [1.29, 1.82) is 5.26 Å². The molecule has 0 amide bonds. The monoisotopic (exact) mass is 244 g/mol. The molecule has 0 saturated heterocycles. The van der Waals surface area contributed by atoms with Crippen LogP contribution in [0.4, 0.5) is 0 Å². The summed E-state index contributed by atoms with van der Waals surface area (Å²) in [5, 5.41) is 11.2. The standard InChI is InChI=1S/C14H13ClN2/c15-10-5-6-13-12(7-10)11-4-2-1-3-9(8-16)14(11)17-13/h5-7,9,17H,1-4H2. The second kappa shape index (κ2) is 4.09. The van der Waals surface area contributed by atoms with Crippen molar-refractivity contribution in [2.24, 2.45) is 0 Å². The van der Waals surface area contributed by atoms with Gasteiger partial charge in [-0.25, -0.2) is 0 Å². The molecule has 0 spiro atoms. The Morgan fingerprint density at radius 1 is 1.35 bits per heavy atom. The molecular weight excluding hydrogens is 232 g/mol. The fourth-order valence-corrected chi connectivity index (χ4v) is 2.90. The van der Waals surface area contributed by atoms with Gasteiger partial charge in [-0.15, -0.1) is 0 Å². The van der Waals surface area contributed by atoms with Crippen LogP contribution in [0.15, 0.2) is 18.2 Å². The minimum atomic E-state index is 0.0127. The van der Waals surface area contributed by atoms with Crippen LogP contribution in [0.25, 0.3) is 10.9 Å². The third-order valence-corrected chi connectivity index (χ3v) is 3.81. The fourth-order valence-electron chi connectivity index (χ4n) is 2.73. The number of aryl methyl sites for hydroxylation is 1. The van der Waals surface area contributed by atoms with Crippen LogP contribution in [0, 0.1) is 11.3 Å². The third-order valence-electron chi connectivity index (χ3n) is 3.58. The minimum absolute atomic E-state index is 0.0127. The average molecular weight is 245 g/mol. The summed E-state index contributed by atoms with van der Waals surface area (Å²) in [5.74, 6) is 0.0127. The smallest absolute Gasteiger partial charge is 0.0865 e. The van der Waals surface area contributed by atoms with E-state index in [1.165, 1.54) is 10.9 Å². The minimum Gasteiger partial charge on any atom is -0.357 e. The lowest BCUT2D eigenvalue weighted by molar-refractivity contribution is 0.670. The third kappa shape index (κ3) is 1.71. The Morgan fingerprint density at radius 3 is 3.06 bits per heavy atom. The van der Waals surface area contributed by atoms with Crippen molar-refractivity contribution >= 4 is 22.5 Å². The van der Waals surface area contributed by atoms with Crippen LogP contribution in [-0.2, 0) is 6.42 Å². The van der Waals surface area contributed by atoms with Crippen LogP contribution in [0.2, 0.25) is 5.02 Å². The Bertz CT molecular complexity index is 606. The van der Waals surface area contributed by atoms with Gasteiger partial charge >= 0.3 is 0 Å². The number of aromatic nitrogens is 1. The SMILES string of the molecule is N#CC1CCCCc2c1[nH]c1ccc(Cl)cc21. The van der Waals surface area contributed by atoms with Gasteiger partial charge in [0.15, 0.2) is 0 Å². The highest BCUT2D eigenvalue weighted by molar-refractivity contribution is 6.31. The second-order valence-electron chi connectivity index (χ2n) is 4.63. The molecule has 1 unspecified atom stereocenters. The molecule has 2 nitrogen and oxygen atoms in total. The van der Waals surface area contributed by atoms with E-state index in [-0.39, 0.29) is 5.92 Å². The van der Waals surface area contributed by atoms with Gasteiger partial charge in [-0.3, -0.25) is 0 Å². The molecule has 1 aromatic carbocycles. The number of nitrogens with zero attached hydrogens (tertiary/aromatic N) is 1. The first-order chi connectivity index (χ1) is 8.29. The van der Waals surface area contributed by atoms with Crippen LogP contribution in [0.5, 0.6) is 0 Å². The first-order valence-electron chi connectivity index (χ1n) is 5.99. The number of H-pyrrole nitrogens is 1. The normalized spacial score (nSPS) is 19.6. The number of nitrogens with one attached hydrogen (secondary N) is 1. The molecule has 86 valence electrons. The summed E-state index contributed by atoms with van der Waals surface area (Å²) >= 11 is 6.05. The Morgan fingerprint density at radius 2 is 2.24 bits per heavy atom. The zero-order chi connectivity index (χ0) is 11.8. The van der Waals surface area contributed by atoms with Gasteiger partial charge in [-0.1, -0.05) is 18.0 Å². The first-order valence-corrected chi connectivity index (χ1v) is 6.37. The summed E-state index contributed by atoms with van der Waals surface area (Å²) in [7, 11) is 0. The average Bonchev–Trinajstić information content (AvgIpc) is 2.56. The van der Waals surface area contributed by atoms with Crippen LogP contribution in [0.3, 0.4) is 0 Å². The number of aromatic amines is 1. The quantitative estimate of drug-likeness (QED) is 0.695. The van der Waals surface area contributed by atoms with Crippen LogP contribution < -0.4 is 0 Å². The Balaban J connectivity index is 2.26. The van der Waals surface area contributed by atoms with Gasteiger partial charge in [0.1, 0.15) is 0 Å². The lowest BCUT2D eigenvalue weighted by Gasteiger charge is -2.04. The van der Waals surface area contributed by atoms with Crippen molar-refractivity contribution in [2.45, 2.75) is 31.6 Å². The summed E-state index contributed by atoms with van der Waals surface area (Å²) < 4.78 is 0. The van der Waals surface area contributed by atoms with Crippen molar-refractivity contribution in [3.8, 4) is 6.07 Å². The van der Waals surface area contributed by atoms with Gasteiger partial charge in [-0.2, -0.15) is 5.26 Å². The highest BCUT2D eigenvalue weighted by atomic mass is 35.5. The van der Waals surface area contributed by atoms with Gasteiger partial charge in [-0.05, 0) is 43.0 Å². The molecule has 3 heteroatoms. The molecule has 1 atom stereocenters. The summed E-state index contributed by atoms with van der Waals surface area (Å²) in [6.45, 7) is 0. The number of rotatable bonds is 0. The molecular formula is C14H13ClN2. The molecule has 3 rings (SSSR count). The molecule has 0 saturated carbocycles. The van der Waals surface area contributed by atoms with Gasteiger partial charge < -0.3 is 4.98 Å². The van der Waals surface area contributed by atoms with Crippen molar-refractivity contribution in [3.63, 3.8) is 0 Å². The predicted molar refractivity (Wildman–Crippen MR) is 69.2 cm³/mol. The number of fused-ring (bicyclic) bond motifs is 3. The molecule has 0 radical (unpaired) electrons. The number of hydrogen-bond acceptors (Lipinski definition) is 1. The first kappa shape index (κ1) is 10.7. The maximum absolute atomic E-state index is 9.25. The zero-order valence-electron chi connectivity index (χ0n) is 9.46. The zero-order valence-corrected chi connectivity index (χ0v) is 10.2. The molecule has 1 aliphatic carbocycles. The summed E-state index contributed by atoms with van der Waals surface area (Å²) in [5.41, 5.74) is 3.51. The van der Waals surface area contributed by atoms with E-state index < -0.39 is 0 Å². The van der Waals surface area contributed by atoms with E-state index in [2.05, 4.69) is 11.1 Å². The Hall–Kier alpha value is -1.46.